The van der Waals surface area contributed by atoms with Gasteiger partial charge in [0.25, 0.3) is 5.91 Å². The minimum Gasteiger partial charge on any atom is -0.383 e. The molecule has 2 aromatic rings. The van der Waals surface area contributed by atoms with Crippen LogP contribution >= 0.6 is 0 Å². The molecule has 4 N–H and O–H groups in total. The molecule has 86 valence electrons. The molecule has 0 atom stereocenters. The Balaban J connectivity index is 2.22. The predicted octanol–water partition coefficient (Wildman–Crippen LogP) is 0.604. The highest BCUT2D eigenvalue weighted by Gasteiger charge is 2.07. The van der Waals surface area contributed by atoms with Crippen molar-refractivity contribution in [3.8, 4) is 0 Å². The summed E-state index contributed by atoms with van der Waals surface area (Å²) in [4.78, 5) is 28.4. The number of nitrogens with two attached hydrogens (primary N) is 1. The van der Waals surface area contributed by atoms with Crippen molar-refractivity contribution < 1.29 is 4.79 Å². The van der Waals surface area contributed by atoms with Crippen LogP contribution in [0.25, 0.3) is 0 Å². The summed E-state index contributed by atoms with van der Waals surface area (Å²) in [6.07, 6.45) is 1.22. The van der Waals surface area contributed by atoms with Gasteiger partial charge >= 0.3 is 5.69 Å². The van der Waals surface area contributed by atoms with E-state index in [2.05, 4.69) is 15.3 Å². The molecule has 0 saturated carbocycles. The van der Waals surface area contributed by atoms with Gasteiger partial charge in [-0.15, -0.1) is 0 Å². The number of H-pyrrole nitrogens is 1. The average molecular weight is 230 g/mol. The van der Waals surface area contributed by atoms with Crippen LogP contribution in [0.15, 0.2) is 41.3 Å². The van der Waals surface area contributed by atoms with Crippen LogP contribution in [0.3, 0.4) is 0 Å². The zero-order chi connectivity index (χ0) is 12.3. The van der Waals surface area contributed by atoms with Crippen molar-refractivity contribution in [2.24, 2.45) is 0 Å². The number of carbonyl (C=O) groups excluding carboxylic acids is 1. The number of nitrogens with zero attached hydrogens (tertiary/aromatic N) is 1. The van der Waals surface area contributed by atoms with E-state index >= 15 is 0 Å². The van der Waals surface area contributed by atoms with Gasteiger partial charge in [-0.25, -0.2) is 4.79 Å². The van der Waals surface area contributed by atoms with Crippen molar-refractivity contribution in [3.63, 3.8) is 0 Å². The molecule has 0 fully saturated rings. The summed E-state index contributed by atoms with van der Waals surface area (Å²) in [7, 11) is 0. The van der Waals surface area contributed by atoms with Crippen molar-refractivity contribution in [1.82, 2.24) is 9.97 Å². The monoisotopic (exact) mass is 230 g/mol. The summed E-state index contributed by atoms with van der Waals surface area (Å²) in [6.45, 7) is 0. The highest BCUT2D eigenvalue weighted by molar-refractivity contribution is 6.05. The molecule has 0 saturated heterocycles. The number of hydrogen-bond donors (Lipinski definition) is 3. The molecule has 0 spiro atoms. The first-order valence-electron chi connectivity index (χ1n) is 4.88. The molecule has 0 unspecified atom stereocenters. The van der Waals surface area contributed by atoms with E-state index < -0.39 is 5.69 Å². The lowest BCUT2D eigenvalue weighted by atomic mass is 10.2. The van der Waals surface area contributed by atoms with Gasteiger partial charge in [0.15, 0.2) is 0 Å². The summed E-state index contributed by atoms with van der Waals surface area (Å²) in [5.41, 5.74) is 5.76. The van der Waals surface area contributed by atoms with Gasteiger partial charge < -0.3 is 11.1 Å². The Bertz CT molecular complexity index is 592. The molecule has 0 aliphatic carbocycles. The Hall–Kier alpha value is -2.63. The molecule has 1 heterocycles. The third-order valence-electron chi connectivity index (χ3n) is 2.13. The van der Waals surface area contributed by atoms with Gasteiger partial charge in [-0.2, -0.15) is 4.98 Å². The van der Waals surface area contributed by atoms with Gasteiger partial charge in [0.1, 0.15) is 11.5 Å². The molecule has 0 aliphatic heterocycles. The molecule has 0 radical (unpaired) electrons. The van der Waals surface area contributed by atoms with Crippen molar-refractivity contribution in [2.45, 2.75) is 0 Å². The number of amides is 1. The summed E-state index contributed by atoms with van der Waals surface area (Å²) < 4.78 is 0. The lowest BCUT2D eigenvalue weighted by molar-refractivity contribution is 0.102. The van der Waals surface area contributed by atoms with Gasteiger partial charge in [-0.3, -0.25) is 9.78 Å². The average Bonchev–Trinajstić information content (AvgIpc) is 2.34. The Morgan fingerprint density at radius 1 is 1.29 bits per heavy atom. The van der Waals surface area contributed by atoms with Gasteiger partial charge in [0.05, 0.1) is 6.20 Å². The van der Waals surface area contributed by atoms with Crippen LogP contribution < -0.4 is 16.7 Å². The van der Waals surface area contributed by atoms with Crippen molar-refractivity contribution in [2.75, 3.05) is 11.1 Å². The zero-order valence-corrected chi connectivity index (χ0v) is 8.81. The minimum atomic E-state index is -0.555. The minimum absolute atomic E-state index is 0.0780. The molecule has 1 amide bonds. The normalized spacial score (nSPS) is 9.88. The second kappa shape index (κ2) is 4.48. The number of hydrogen-bond acceptors (Lipinski definition) is 4. The molecule has 6 nitrogen and oxygen atoms in total. The van der Waals surface area contributed by atoms with E-state index in [-0.39, 0.29) is 17.4 Å². The standard InChI is InChI=1S/C11H10N4O2/c12-9-8(6-13-11(17)15-9)14-10(16)7-4-2-1-3-5-7/h1-6H,(H,14,16)(H3,12,13,15,17). The molecule has 1 aromatic carbocycles. The lowest BCUT2D eigenvalue weighted by Gasteiger charge is -2.06. The van der Waals surface area contributed by atoms with Crippen LogP contribution in [-0.2, 0) is 0 Å². The second-order valence-electron chi connectivity index (χ2n) is 3.34. The highest BCUT2D eigenvalue weighted by atomic mass is 16.2. The molecule has 2 rings (SSSR count). The molecule has 6 heteroatoms. The Morgan fingerprint density at radius 2 is 2.00 bits per heavy atom. The number of nitrogen functional groups attached to an aromatic ring is 1. The van der Waals surface area contributed by atoms with Crippen LogP contribution in [0.4, 0.5) is 11.5 Å². The predicted molar refractivity (Wildman–Crippen MR) is 63.7 cm³/mol. The van der Waals surface area contributed by atoms with Crippen molar-refractivity contribution in [3.05, 3.63) is 52.6 Å². The Labute approximate surface area is 96.5 Å². The molecule has 0 aliphatic rings. The number of aromatic nitrogens is 2. The smallest absolute Gasteiger partial charge is 0.346 e. The van der Waals surface area contributed by atoms with Crippen LogP contribution in [0.5, 0.6) is 0 Å². The number of anilines is 2. The quantitative estimate of drug-likeness (QED) is 0.703. The summed E-state index contributed by atoms with van der Waals surface area (Å²) in [6, 6.07) is 8.66. The molecule has 1 aromatic heterocycles. The second-order valence-corrected chi connectivity index (χ2v) is 3.34. The SMILES string of the molecule is Nc1[nH]c(=O)ncc1NC(=O)c1ccccc1. The van der Waals surface area contributed by atoms with Crippen molar-refractivity contribution in [1.29, 1.82) is 0 Å². The number of rotatable bonds is 2. The molecular formula is C11H10N4O2. The summed E-state index contributed by atoms with van der Waals surface area (Å²) in [5.74, 6) is -0.236. The fourth-order valence-electron chi connectivity index (χ4n) is 1.29. The first-order valence-corrected chi connectivity index (χ1v) is 4.88. The van der Waals surface area contributed by atoms with Gasteiger partial charge in [0, 0.05) is 5.56 Å². The van der Waals surface area contributed by atoms with E-state index in [1.165, 1.54) is 6.20 Å². The van der Waals surface area contributed by atoms with Crippen LogP contribution in [-0.4, -0.2) is 15.9 Å². The summed E-state index contributed by atoms with van der Waals surface area (Å²) >= 11 is 0. The molecular weight excluding hydrogens is 220 g/mol. The van der Waals surface area contributed by atoms with E-state index in [0.29, 0.717) is 5.56 Å². The Morgan fingerprint density at radius 3 is 2.65 bits per heavy atom. The van der Waals surface area contributed by atoms with Crippen LogP contribution in [0.1, 0.15) is 10.4 Å². The molecule has 17 heavy (non-hydrogen) atoms. The third-order valence-corrected chi connectivity index (χ3v) is 2.13. The van der Waals surface area contributed by atoms with Crippen molar-refractivity contribution >= 4 is 17.4 Å². The third kappa shape index (κ3) is 2.49. The highest BCUT2D eigenvalue weighted by Crippen LogP contribution is 2.12. The number of carbonyl (C=O) groups is 1. The maximum Gasteiger partial charge on any atom is 0.346 e. The van der Waals surface area contributed by atoms with E-state index in [1.807, 2.05) is 6.07 Å². The largest absolute Gasteiger partial charge is 0.383 e. The Kier molecular flexibility index (Phi) is 2.87. The topological polar surface area (TPSA) is 101 Å². The number of benzene rings is 1. The summed E-state index contributed by atoms with van der Waals surface area (Å²) in [5, 5.41) is 2.56. The van der Waals surface area contributed by atoms with Crippen LogP contribution in [0.2, 0.25) is 0 Å². The first kappa shape index (κ1) is 10.9. The fourth-order valence-corrected chi connectivity index (χ4v) is 1.29. The molecule has 0 bridgehead atoms. The fraction of sp³-hybridized carbons (Fsp3) is 0. The number of aromatic amines is 1. The maximum absolute atomic E-state index is 11.8. The van der Waals surface area contributed by atoms with E-state index in [9.17, 15) is 9.59 Å². The van der Waals surface area contributed by atoms with E-state index in [1.54, 1.807) is 24.3 Å². The van der Waals surface area contributed by atoms with Gasteiger partial charge in [0.2, 0.25) is 0 Å². The maximum atomic E-state index is 11.8. The first-order chi connectivity index (χ1) is 8.16. The van der Waals surface area contributed by atoms with Gasteiger partial charge in [-0.05, 0) is 12.1 Å². The lowest BCUT2D eigenvalue weighted by Crippen LogP contribution is -2.18. The van der Waals surface area contributed by atoms with E-state index in [0.717, 1.165) is 0 Å². The van der Waals surface area contributed by atoms with E-state index in [4.69, 9.17) is 5.73 Å². The van der Waals surface area contributed by atoms with Gasteiger partial charge in [-0.1, -0.05) is 18.2 Å². The zero-order valence-electron chi connectivity index (χ0n) is 8.81. The number of nitrogens with one attached hydrogen (secondary N) is 2. The van der Waals surface area contributed by atoms with Crippen LogP contribution in [0, 0.1) is 0 Å².